The van der Waals surface area contributed by atoms with Gasteiger partial charge in [-0.05, 0) is 41.4 Å². The molecule has 0 aliphatic heterocycles. The van der Waals surface area contributed by atoms with Crippen LogP contribution in [0.15, 0.2) is 27.6 Å². The number of thioether (sulfide) groups is 1. The minimum absolute atomic E-state index is 0.853. The maximum atomic E-state index is 6.07. The van der Waals surface area contributed by atoms with Gasteiger partial charge in [0.25, 0.3) is 0 Å². The summed E-state index contributed by atoms with van der Waals surface area (Å²) in [7, 11) is 1.97. The van der Waals surface area contributed by atoms with Gasteiger partial charge in [-0.25, -0.2) is 0 Å². The van der Waals surface area contributed by atoms with Crippen molar-refractivity contribution in [2.45, 2.75) is 24.5 Å². The van der Waals surface area contributed by atoms with Gasteiger partial charge in [0.05, 0.1) is 15.9 Å². The molecule has 2 N–H and O–H groups in total. The zero-order chi connectivity index (χ0) is 13.3. The monoisotopic (exact) mass is 325 g/mol. The van der Waals surface area contributed by atoms with Crippen LogP contribution in [-0.4, -0.2) is 9.78 Å². The second-order valence-electron chi connectivity index (χ2n) is 4.25. The Kier molecular flexibility index (Phi) is 4.02. The molecule has 0 radical (unpaired) electrons. The average Bonchev–Trinajstić information content (AvgIpc) is 2.56. The molecule has 1 aromatic heterocycles. The summed E-state index contributed by atoms with van der Waals surface area (Å²) in [5.74, 6) is 0.853. The van der Waals surface area contributed by atoms with Crippen LogP contribution in [0.5, 0.6) is 0 Å². The van der Waals surface area contributed by atoms with Crippen LogP contribution in [0, 0.1) is 13.8 Å². The molecule has 0 fully saturated rings. The number of nitrogens with two attached hydrogens (primary N) is 1. The number of hydrogen-bond donors (Lipinski definition) is 1. The van der Waals surface area contributed by atoms with Crippen LogP contribution in [0.25, 0.3) is 0 Å². The van der Waals surface area contributed by atoms with E-state index in [1.54, 1.807) is 11.8 Å². The van der Waals surface area contributed by atoms with E-state index in [-0.39, 0.29) is 0 Å². The molecule has 0 saturated carbocycles. The first-order valence-corrected chi connectivity index (χ1v) is 7.44. The lowest BCUT2D eigenvalue weighted by atomic mass is 10.2. The second kappa shape index (κ2) is 5.36. The number of hydrogen-bond acceptors (Lipinski definition) is 3. The predicted molar refractivity (Wildman–Crippen MR) is 80.8 cm³/mol. The van der Waals surface area contributed by atoms with Gasteiger partial charge in [-0.15, -0.1) is 11.8 Å². The summed E-state index contributed by atoms with van der Waals surface area (Å²) in [6.45, 7) is 4.03. The molecule has 1 aromatic carbocycles. The molecule has 0 unspecified atom stereocenters. The predicted octanol–water partition coefficient (Wildman–Crippen LogP) is 3.67. The van der Waals surface area contributed by atoms with Gasteiger partial charge in [0.15, 0.2) is 0 Å². The Morgan fingerprint density at radius 2 is 2.11 bits per heavy atom. The molecule has 18 heavy (non-hydrogen) atoms. The number of nitrogen functional groups attached to an aromatic ring is 1. The van der Waals surface area contributed by atoms with Gasteiger partial charge in [0.2, 0.25) is 0 Å². The number of nitrogens with zero attached hydrogens (tertiary/aromatic N) is 2. The SMILES string of the molecule is Cc1cccc(SCc2c(Br)c(C)nn2C)c1N. The number of anilines is 1. The number of para-hydroxylation sites is 1. The molecule has 0 aliphatic rings. The highest BCUT2D eigenvalue weighted by Crippen LogP contribution is 2.32. The molecule has 0 spiro atoms. The van der Waals surface area contributed by atoms with Gasteiger partial charge in [0.1, 0.15) is 0 Å². The molecular weight excluding hydrogens is 310 g/mol. The molecular formula is C13H16BrN3S. The summed E-state index contributed by atoms with van der Waals surface area (Å²) in [5.41, 5.74) is 10.3. The summed E-state index contributed by atoms with van der Waals surface area (Å²) >= 11 is 5.32. The summed E-state index contributed by atoms with van der Waals surface area (Å²) in [6, 6.07) is 6.13. The topological polar surface area (TPSA) is 43.8 Å². The standard InChI is InChI=1S/C13H16BrN3S/c1-8-5-4-6-11(13(8)15)18-7-10-12(14)9(2)16-17(10)3/h4-6H,7,15H2,1-3H3. The van der Waals surface area contributed by atoms with Crippen LogP contribution in [-0.2, 0) is 12.8 Å². The number of aryl methyl sites for hydroxylation is 3. The Bertz CT molecular complexity index is 578. The van der Waals surface area contributed by atoms with E-state index in [1.165, 1.54) is 5.69 Å². The van der Waals surface area contributed by atoms with Crippen molar-refractivity contribution in [1.29, 1.82) is 0 Å². The van der Waals surface area contributed by atoms with Crippen molar-refractivity contribution in [2.24, 2.45) is 7.05 Å². The van der Waals surface area contributed by atoms with Crippen molar-refractivity contribution in [3.05, 3.63) is 39.6 Å². The Hall–Kier alpha value is -0.940. The summed E-state index contributed by atoms with van der Waals surface area (Å²) in [6.07, 6.45) is 0. The zero-order valence-corrected chi connectivity index (χ0v) is 13.1. The lowest BCUT2D eigenvalue weighted by Gasteiger charge is -2.08. The highest BCUT2D eigenvalue weighted by Gasteiger charge is 2.11. The lowest BCUT2D eigenvalue weighted by molar-refractivity contribution is 0.727. The van der Waals surface area contributed by atoms with Gasteiger partial charge in [0, 0.05) is 23.4 Å². The molecule has 0 amide bonds. The molecule has 2 aromatic rings. The number of benzene rings is 1. The van der Waals surface area contributed by atoms with Crippen molar-refractivity contribution < 1.29 is 0 Å². The van der Waals surface area contributed by atoms with Gasteiger partial charge < -0.3 is 5.73 Å². The van der Waals surface area contributed by atoms with Crippen LogP contribution in [0.2, 0.25) is 0 Å². The van der Waals surface area contributed by atoms with E-state index in [2.05, 4.69) is 27.1 Å². The highest BCUT2D eigenvalue weighted by molar-refractivity contribution is 9.10. The maximum Gasteiger partial charge on any atom is 0.0738 e. The molecule has 5 heteroatoms. The van der Waals surface area contributed by atoms with Gasteiger partial charge in [-0.2, -0.15) is 5.10 Å². The normalized spacial score (nSPS) is 10.9. The van der Waals surface area contributed by atoms with E-state index in [9.17, 15) is 0 Å². The number of halogens is 1. The minimum atomic E-state index is 0.853. The molecule has 0 saturated heterocycles. The van der Waals surface area contributed by atoms with E-state index < -0.39 is 0 Å². The van der Waals surface area contributed by atoms with Crippen molar-refractivity contribution in [3.63, 3.8) is 0 Å². The third kappa shape index (κ3) is 2.57. The first-order chi connectivity index (χ1) is 8.50. The molecule has 3 nitrogen and oxygen atoms in total. The lowest BCUT2D eigenvalue weighted by Crippen LogP contribution is -1.98. The van der Waals surface area contributed by atoms with Gasteiger partial charge in [-0.3, -0.25) is 4.68 Å². The Balaban J connectivity index is 2.19. The van der Waals surface area contributed by atoms with Crippen LogP contribution in [0.3, 0.4) is 0 Å². The molecule has 0 bridgehead atoms. The third-order valence-electron chi connectivity index (χ3n) is 2.91. The number of rotatable bonds is 3. The van der Waals surface area contributed by atoms with Crippen LogP contribution < -0.4 is 5.73 Å². The van der Waals surface area contributed by atoms with Gasteiger partial charge >= 0.3 is 0 Å². The summed E-state index contributed by atoms with van der Waals surface area (Å²) in [5, 5.41) is 4.39. The maximum absolute atomic E-state index is 6.07. The number of aromatic nitrogens is 2. The molecule has 2 rings (SSSR count). The van der Waals surface area contributed by atoms with E-state index in [1.807, 2.05) is 37.7 Å². The molecule has 0 aliphatic carbocycles. The highest BCUT2D eigenvalue weighted by atomic mass is 79.9. The van der Waals surface area contributed by atoms with Crippen molar-refractivity contribution >= 4 is 33.4 Å². The summed E-state index contributed by atoms with van der Waals surface area (Å²) < 4.78 is 3.00. The molecule has 1 heterocycles. The quantitative estimate of drug-likeness (QED) is 0.691. The van der Waals surface area contributed by atoms with Crippen molar-refractivity contribution in [1.82, 2.24) is 9.78 Å². The minimum Gasteiger partial charge on any atom is -0.398 e. The zero-order valence-electron chi connectivity index (χ0n) is 10.7. The molecule has 0 atom stereocenters. The summed E-state index contributed by atoms with van der Waals surface area (Å²) in [4.78, 5) is 1.13. The first-order valence-electron chi connectivity index (χ1n) is 5.66. The molecule has 96 valence electrons. The van der Waals surface area contributed by atoms with Crippen LogP contribution >= 0.6 is 27.7 Å². The first kappa shape index (κ1) is 13.5. The smallest absolute Gasteiger partial charge is 0.0738 e. The van der Waals surface area contributed by atoms with E-state index >= 15 is 0 Å². The Morgan fingerprint density at radius 3 is 2.72 bits per heavy atom. The fraction of sp³-hybridized carbons (Fsp3) is 0.308. The second-order valence-corrected chi connectivity index (χ2v) is 6.06. The van der Waals surface area contributed by atoms with Crippen molar-refractivity contribution in [3.8, 4) is 0 Å². The van der Waals surface area contributed by atoms with E-state index in [4.69, 9.17) is 5.73 Å². The van der Waals surface area contributed by atoms with Gasteiger partial charge in [-0.1, -0.05) is 12.1 Å². The van der Waals surface area contributed by atoms with Crippen LogP contribution in [0.4, 0.5) is 5.69 Å². The van der Waals surface area contributed by atoms with Crippen LogP contribution in [0.1, 0.15) is 17.0 Å². The van der Waals surface area contributed by atoms with Crippen molar-refractivity contribution in [2.75, 3.05) is 5.73 Å². The van der Waals surface area contributed by atoms with E-state index in [0.29, 0.717) is 0 Å². The third-order valence-corrected chi connectivity index (χ3v) is 5.03. The fourth-order valence-electron chi connectivity index (χ4n) is 1.76. The average molecular weight is 326 g/mol. The Labute approximate surface area is 120 Å². The van der Waals surface area contributed by atoms with E-state index in [0.717, 1.165) is 32.1 Å². The Morgan fingerprint density at radius 1 is 1.39 bits per heavy atom. The fourth-order valence-corrected chi connectivity index (χ4v) is 3.54. The largest absolute Gasteiger partial charge is 0.398 e.